The molecule has 0 radical (unpaired) electrons. The van der Waals surface area contributed by atoms with Crippen molar-refractivity contribution in [2.24, 2.45) is 4.99 Å². The molecule has 2 aromatic rings. The minimum absolute atomic E-state index is 0.0632. The van der Waals surface area contributed by atoms with Gasteiger partial charge in [-0.2, -0.15) is 4.90 Å². The SMILES string of the molecule is CC(C)(C)c1cccc(C=Nc2ccccc2)c1[S-].[Br][Cr+][Br]. The molecule has 0 saturated carbocycles. The van der Waals surface area contributed by atoms with Gasteiger partial charge in [-0.25, -0.2) is 0 Å². The Bertz CT molecular complexity index is 610. The predicted octanol–water partition coefficient (Wildman–Crippen LogP) is 6.33. The maximum atomic E-state index is 5.56. The molecule has 0 heterocycles. The Kier molecular flexibility index (Phi) is 8.89. The zero-order chi connectivity index (χ0) is 16.6. The van der Waals surface area contributed by atoms with Gasteiger partial charge in [0, 0.05) is 6.21 Å². The van der Waals surface area contributed by atoms with Crippen LogP contribution < -0.4 is 0 Å². The molecule has 0 aliphatic carbocycles. The zero-order valence-corrected chi connectivity index (χ0v) is 18.0. The predicted molar refractivity (Wildman–Crippen MR) is 102 cm³/mol. The number of para-hydroxylation sites is 1. The molecule has 0 bridgehead atoms. The second-order valence-corrected chi connectivity index (χ2v) is 12.5. The van der Waals surface area contributed by atoms with Crippen LogP contribution >= 0.6 is 28.1 Å². The molecule has 0 saturated heterocycles. The van der Waals surface area contributed by atoms with Gasteiger partial charge < -0.3 is 12.6 Å². The third-order valence-corrected chi connectivity index (χ3v) is 3.42. The first-order chi connectivity index (χ1) is 10.4. The summed E-state index contributed by atoms with van der Waals surface area (Å²) in [6.07, 6.45) is 1.85. The van der Waals surface area contributed by atoms with E-state index in [2.05, 4.69) is 59.9 Å². The molecule has 2 rings (SSSR count). The van der Waals surface area contributed by atoms with Gasteiger partial charge >= 0.3 is 39.7 Å². The van der Waals surface area contributed by atoms with Crippen molar-refractivity contribution in [1.82, 2.24) is 0 Å². The van der Waals surface area contributed by atoms with Gasteiger partial charge in [-0.3, -0.25) is 4.99 Å². The molecular weight excluding hydrogens is 462 g/mol. The summed E-state index contributed by atoms with van der Waals surface area (Å²) < 4.78 is 0. The van der Waals surface area contributed by atoms with Crippen LogP contribution in [0.1, 0.15) is 31.9 Å². The molecule has 2 aromatic carbocycles. The molecule has 0 aliphatic heterocycles. The van der Waals surface area contributed by atoms with Gasteiger partial charge in [0.15, 0.2) is 0 Å². The summed E-state index contributed by atoms with van der Waals surface area (Å²) in [5.74, 6) is 0. The summed E-state index contributed by atoms with van der Waals surface area (Å²) in [5.41, 5.74) is 3.21. The van der Waals surface area contributed by atoms with E-state index >= 15 is 0 Å². The summed E-state index contributed by atoms with van der Waals surface area (Å²) in [7, 11) is 0. The van der Waals surface area contributed by atoms with Gasteiger partial charge in [-0.15, -0.1) is 0 Å². The van der Waals surface area contributed by atoms with Crippen LogP contribution in [0.2, 0.25) is 0 Å². The van der Waals surface area contributed by atoms with E-state index in [1.165, 1.54) is 5.56 Å². The molecular formula is C17H18Br2CrNS. The number of hydrogen-bond acceptors (Lipinski definition) is 2. The third kappa shape index (κ3) is 6.52. The van der Waals surface area contributed by atoms with Gasteiger partial charge in [0.1, 0.15) is 0 Å². The fourth-order valence-corrected chi connectivity index (χ4v) is 2.40. The van der Waals surface area contributed by atoms with Crippen molar-refractivity contribution >= 4 is 52.6 Å². The second-order valence-electron chi connectivity index (χ2n) is 5.63. The molecule has 0 fully saturated rings. The Morgan fingerprint density at radius 1 is 1.00 bits per heavy atom. The van der Waals surface area contributed by atoms with Crippen molar-refractivity contribution in [3.8, 4) is 0 Å². The summed E-state index contributed by atoms with van der Waals surface area (Å²) in [5, 5.41) is 0. The van der Waals surface area contributed by atoms with Crippen molar-refractivity contribution < 1.29 is 11.6 Å². The maximum absolute atomic E-state index is 5.56. The van der Waals surface area contributed by atoms with Crippen molar-refractivity contribution in [3.05, 3.63) is 59.7 Å². The average Bonchev–Trinajstić information content (AvgIpc) is 2.47. The van der Waals surface area contributed by atoms with E-state index in [4.69, 9.17) is 12.6 Å². The van der Waals surface area contributed by atoms with Crippen molar-refractivity contribution in [1.29, 1.82) is 0 Å². The number of benzene rings is 2. The van der Waals surface area contributed by atoms with E-state index in [-0.39, 0.29) is 5.41 Å². The fraction of sp³-hybridized carbons (Fsp3) is 0.235. The van der Waals surface area contributed by atoms with E-state index in [9.17, 15) is 0 Å². The quantitative estimate of drug-likeness (QED) is 0.362. The van der Waals surface area contributed by atoms with Crippen LogP contribution in [-0.4, -0.2) is 6.21 Å². The zero-order valence-electron chi connectivity index (χ0n) is 12.7. The first-order valence-electron chi connectivity index (χ1n) is 6.69. The molecule has 0 amide bonds. The molecule has 0 N–H and O–H groups in total. The van der Waals surface area contributed by atoms with Gasteiger partial charge in [0.25, 0.3) is 0 Å². The minimum atomic E-state index is 0.0632. The Morgan fingerprint density at radius 2 is 1.59 bits per heavy atom. The number of hydrogen-bond donors (Lipinski definition) is 0. The van der Waals surface area contributed by atoms with E-state index in [1.54, 1.807) is 0 Å². The summed E-state index contributed by atoms with van der Waals surface area (Å²) in [6.45, 7) is 6.53. The molecule has 0 spiro atoms. The normalized spacial score (nSPS) is 11.0. The molecule has 0 aliphatic rings. The molecule has 0 aromatic heterocycles. The van der Waals surface area contributed by atoms with Crippen molar-refractivity contribution in [2.75, 3.05) is 0 Å². The van der Waals surface area contributed by atoms with Crippen LogP contribution in [0.25, 0.3) is 0 Å². The van der Waals surface area contributed by atoms with E-state index in [0.717, 1.165) is 16.1 Å². The Labute approximate surface area is 159 Å². The van der Waals surface area contributed by atoms with Crippen LogP contribution in [0.3, 0.4) is 0 Å². The monoisotopic (exact) mass is 478 g/mol. The fourth-order valence-electron chi connectivity index (χ4n) is 1.91. The van der Waals surface area contributed by atoms with Crippen LogP contribution in [0.4, 0.5) is 5.69 Å². The second kappa shape index (κ2) is 9.85. The molecule has 5 heteroatoms. The molecule has 1 nitrogen and oxygen atoms in total. The summed E-state index contributed by atoms with van der Waals surface area (Å²) in [4.78, 5) is 5.37. The van der Waals surface area contributed by atoms with E-state index < -0.39 is 0 Å². The summed E-state index contributed by atoms with van der Waals surface area (Å²) >= 11 is 12.3. The van der Waals surface area contributed by atoms with Crippen LogP contribution in [0, 0.1) is 0 Å². The Morgan fingerprint density at radius 3 is 2.14 bits per heavy atom. The third-order valence-electron chi connectivity index (χ3n) is 2.96. The first kappa shape index (κ1) is 19.9. The number of aliphatic imine (C=N–C) groups is 1. The van der Waals surface area contributed by atoms with E-state index in [1.807, 2.05) is 48.7 Å². The summed E-state index contributed by atoms with van der Waals surface area (Å²) in [6, 6.07) is 16.1. The standard InChI is InChI=1S/C17H19NS.2BrH.Cr/c1-17(2,3)15-11-7-8-13(16(15)19)12-18-14-9-5-4-6-10-14;;;/h4-12,19H,1-3H3;2*1H;/q;;;+3/p-3. The number of nitrogens with zero attached hydrogens (tertiary/aromatic N) is 1. The first-order valence-corrected chi connectivity index (χ1v) is 13.4. The Hall–Kier alpha value is -0.178. The van der Waals surface area contributed by atoms with Crippen molar-refractivity contribution in [3.63, 3.8) is 0 Å². The van der Waals surface area contributed by atoms with Gasteiger partial charge in [0.2, 0.25) is 0 Å². The molecule has 0 atom stereocenters. The van der Waals surface area contributed by atoms with Crippen LogP contribution in [0.5, 0.6) is 0 Å². The molecule has 117 valence electrons. The van der Waals surface area contributed by atoms with E-state index in [0.29, 0.717) is 11.6 Å². The van der Waals surface area contributed by atoms with Gasteiger partial charge in [0.05, 0.1) is 5.69 Å². The number of rotatable bonds is 2. The van der Waals surface area contributed by atoms with Crippen LogP contribution in [0.15, 0.2) is 58.4 Å². The number of halogens is 2. The molecule has 22 heavy (non-hydrogen) atoms. The molecule has 0 unspecified atom stereocenters. The van der Waals surface area contributed by atoms with Crippen molar-refractivity contribution in [2.45, 2.75) is 31.1 Å². The van der Waals surface area contributed by atoms with Gasteiger partial charge in [-0.05, 0) is 23.1 Å². The van der Waals surface area contributed by atoms with Crippen LogP contribution in [-0.2, 0) is 29.6 Å². The average molecular weight is 480 g/mol. The van der Waals surface area contributed by atoms with Gasteiger partial charge in [-0.1, -0.05) is 62.7 Å². The Balaban J connectivity index is 0.000000745. The topological polar surface area (TPSA) is 12.4 Å².